The topological polar surface area (TPSA) is 192 Å². The van der Waals surface area contributed by atoms with Crippen molar-refractivity contribution in [3.05, 3.63) is 11.6 Å². The molecule has 17 heteroatoms. The highest BCUT2D eigenvalue weighted by Gasteiger charge is 2.62. The van der Waals surface area contributed by atoms with Crippen molar-refractivity contribution in [2.45, 2.75) is 215 Å². The number of nitrogens with zero attached hydrogens (tertiary/aromatic N) is 1. The van der Waals surface area contributed by atoms with Crippen molar-refractivity contribution < 1.29 is 65.4 Å². The highest BCUT2D eigenvalue weighted by molar-refractivity contribution is 7.48. The first-order valence-electron chi connectivity index (χ1n) is 25.3. The smallest absolute Gasteiger partial charge is 0.456 e. The van der Waals surface area contributed by atoms with E-state index in [2.05, 4.69) is 61.5 Å². The molecule has 3 saturated carbocycles. The first-order valence-corrected chi connectivity index (χ1v) is 29.2. The van der Waals surface area contributed by atoms with E-state index in [1.54, 1.807) is 0 Å². The summed E-state index contributed by atoms with van der Waals surface area (Å²) in [5.74, 6) is 0.259. The number of carbonyl (C=O) groups excluding carboxylic acids is 4. The molecule has 0 radical (unpaired) electrons. The molecule has 2 unspecified atom stereocenters. The SMILES string of the molecule is CC[Si](CC)(CC)O[C@H]1C=C2C[C@@H](OP(=O)(OCCC#N)OC[C@H]3OC(OC(C)=O)[C@H](OC(C)=O)[C@@H](OC(C)=O)[C@H]3OC(C)=O)CC[C@]2(C)[C@H]2CC[C@]3(C)[C@@H]([C@H](C)CCCC(C)C)CC[C@H]3[C@H]12. The van der Waals surface area contributed by atoms with E-state index >= 15 is 0 Å². The third kappa shape index (κ3) is 13.0. The summed E-state index contributed by atoms with van der Waals surface area (Å²) in [6.07, 6.45) is 4.70. The van der Waals surface area contributed by atoms with Crippen LogP contribution in [-0.2, 0) is 65.4 Å². The molecule has 0 amide bonds. The molecule has 4 fully saturated rings. The number of rotatable bonds is 22. The standard InChI is InChI=1S/C50H82NO14PSi/c1-13-67(14-2,15-3)65-42-29-37-28-38(22-24-49(37,11)41-23-25-50(12)39(20-21-40(50)44(41)42)32(6)19-16-18-31(4)5)64-66(56,57-27-17-26-51)58-30-43-45(59-33(7)52)46(60-34(8)53)47(61-35(9)54)48(63-43)62-36(10)55/h29,31-32,38-48H,13-25,27-28,30H2,1-12H3/t32-,38+,39-,40+,41+,42+,43-,44+,45+,46+,47-,48?,49+,50-,66?/m1/s1. The second-order valence-electron chi connectivity index (χ2n) is 21.1. The van der Waals surface area contributed by atoms with Crippen LogP contribution in [0.2, 0.25) is 18.1 Å². The van der Waals surface area contributed by atoms with Crippen molar-refractivity contribution in [1.29, 1.82) is 5.26 Å². The van der Waals surface area contributed by atoms with Crippen LogP contribution in [0.1, 0.15) is 154 Å². The quantitative estimate of drug-likeness (QED) is 0.0248. The second-order valence-corrected chi connectivity index (χ2v) is 27.4. The van der Waals surface area contributed by atoms with Gasteiger partial charge in [-0.25, -0.2) is 4.57 Å². The summed E-state index contributed by atoms with van der Waals surface area (Å²) in [6, 6.07) is 5.15. The van der Waals surface area contributed by atoms with Gasteiger partial charge in [0.05, 0.1) is 37.9 Å². The first kappa shape index (κ1) is 55.3. The molecule has 0 aromatic heterocycles. The van der Waals surface area contributed by atoms with E-state index in [0.29, 0.717) is 42.4 Å². The van der Waals surface area contributed by atoms with E-state index in [-0.39, 0.29) is 30.0 Å². The molecule has 0 aromatic rings. The number of carbonyl (C=O) groups is 4. The van der Waals surface area contributed by atoms with Gasteiger partial charge in [-0.3, -0.25) is 32.7 Å². The predicted octanol–water partition coefficient (Wildman–Crippen LogP) is 10.6. The van der Waals surface area contributed by atoms with Gasteiger partial charge in [0.1, 0.15) is 6.10 Å². The number of nitriles is 1. The molecule has 0 aromatic carbocycles. The summed E-state index contributed by atoms with van der Waals surface area (Å²) >= 11 is 0. The van der Waals surface area contributed by atoms with Crippen molar-refractivity contribution in [2.24, 2.45) is 46.3 Å². The fourth-order valence-corrected chi connectivity index (χ4v) is 17.2. The molecule has 15 atom stereocenters. The summed E-state index contributed by atoms with van der Waals surface area (Å²) in [4.78, 5) is 49.3. The highest BCUT2D eigenvalue weighted by Crippen LogP contribution is 2.68. The predicted molar refractivity (Wildman–Crippen MR) is 252 cm³/mol. The van der Waals surface area contributed by atoms with Crippen molar-refractivity contribution in [1.82, 2.24) is 0 Å². The molecule has 1 heterocycles. The zero-order chi connectivity index (χ0) is 49.5. The molecule has 0 spiro atoms. The Balaban J connectivity index is 1.44. The Bertz CT molecular complexity index is 1840. The molecule has 15 nitrogen and oxygen atoms in total. The molecule has 380 valence electrons. The number of phosphoric acid groups is 1. The second kappa shape index (κ2) is 23.5. The van der Waals surface area contributed by atoms with E-state index in [9.17, 15) is 29.0 Å². The summed E-state index contributed by atoms with van der Waals surface area (Å²) < 4.78 is 68.5. The van der Waals surface area contributed by atoms with E-state index in [4.69, 9.17) is 41.7 Å². The molecular weight excluding hydrogens is 898 g/mol. The fourth-order valence-electron chi connectivity index (χ4n) is 13.0. The third-order valence-electron chi connectivity index (χ3n) is 16.5. The molecule has 5 aliphatic rings. The summed E-state index contributed by atoms with van der Waals surface area (Å²) in [5.41, 5.74) is 1.40. The maximum Gasteiger partial charge on any atom is 0.475 e. The van der Waals surface area contributed by atoms with Crippen LogP contribution in [0.5, 0.6) is 0 Å². The molecule has 67 heavy (non-hydrogen) atoms. The van der Waals surface area contributed by atoms with Crippen molar-refractivity contribution in [3.8, 4) is 6.07 Å². The lowest BCUT2D eigenvalue weighted by atomic mass is 9.46. The maximum atomic E-state index is 14.8. The van der Waals surface area contributed by atoms with Crippen LogP contribution >= 0.6 is 7.82 Å². The maximum absolute atomic E-state index is 14.8. The lowest BCUT2D eigenvalue weighted by Crippen LogP contribution is -2.63. The minimum Gasteiger partial charge on any atom is -0.456 e. The van der Waals surface area contributed by atoms with Gasteiger partial charge in [0, 0.05) is 27.7 Å². The fraction of sp³-hybridized carbons (Fsp3) is 0.860. The summed E-state index contributed by atoms with van der Waals surface area (Å²) in [6.45, 7) is 22.6. The molecule has 0 N–H and O–H groups in total. The Morgan fingerprint density at radius 3 is 2.04 bits per heavy atom. The zero-order valence-electron chi connectivity index (χ0n) is 42.5. The van der Waals surface area contributed by atoms with Crippen LogP contribution in [0.25, 0.3) is 0 Å². The average molecular weight is 980 g/mol. The molecule has 0 bridgehead atoms. The van der Waals surface area contributed by atoms with E-state index < -0.39 is 83.4 Å². The number of fused-ring (bicyclic) bond motifs is 5. The van der Waals surface area contributed by atoms with Crippen LogP contribution in [0.15, 0.2) is 11.6 Å². The lowest BCUT2D eigenvalue weighted by molar-refractivity contribution is -0.299. The van der Waals surface area contributed by atoms with Crippen molar-refractivity contribution in [2.75, 3.05) is 13.2 Å². The van der Waals surface area contributed by atoms with Gasteiger partial charge >= 0.3 is 31.7 Å². The average Bonchev–Trinajstić information content (AvgIpc) is 3.61. The molecule has 1 aliphatic heterocycles. The molecule has 1 saturated heterocycles. The number of ether oxygens (including phenoxy) is 5. The zero-order valence-corrected chi connectivity index (χ0v) is 44.4. The van der Waals surface area contributed by atoms with Crippen LogP contribution in [0, 0.1) is 57.7 Å². The van der Waals surface area contributed by atoms with Gasteiger partial charge in [-0.1, -0.05) is 86.3 Å². The number of esters is 4. The van der Waals surface area contributed by atoms with Gasteiger partial charge in [0.15, 0.2) is 20.5 Å². The minimum absolute atomic E-state index is 0.0271. The van der Waals surface area contributed by atoms with Crippen molar-refractivity contribution in [3.63, 3.8) is 0 Å². The van der Waals surface area contributed by atoms with Gasteiger partial charge in [-0.15, -0.1) is 0 Å². The van der Waals surface area contributed by atoms with Crippen LogP contribution in [0.4, 0.5) is 0 Å². The van der Waals surface area contributed by atoms with E-state index in [1.807, 2.05) is 6.07 Å². The van der Waals surface area contributed by atoms with Crippen LogP contribution < -0.4 is 0 Å². The summed E-state index contributed by atoms with van der Waals surface area (Å²) in [7, 11) is -6.58. The Morgan fingerprint density at radius 2 is 1.45 bits per heavy atom. The molecular formula is C50H82NO14PSi. The lowest BCUT2D eigenvalue weighted by Gasteiger charge is -2.61. The number of phosphoric ester groups is 1. The first-order chi connectivity index (χ1) is 31.6. The molecule has 4 aliphatic carbocycles. The van der Waals surface area contributed by atoms with Crippen LogP contribution in [0.3, 0.4) is 0 Å². The van der Waals surface area contributed by atoms with Gasteiger partial charge in [-0.2, -0.15) is 5.26 Å². The van der Waals surface area contributed by atoms with E-state index in [0.717, 1.165) is 64.6 Å². The largest absolute Gasteiger partial charge is 0.475 e. The van der Waals surface area contributed by atoms with Gasteiger partial charge in [0.2, 0.25) is 12.4 Å². The minimum atomic E-state index is -4.52. The Kier molecular flexibility index (Phi) is 19.4. The Labute approximate surface area is 401 Å². The van der Waals surface area contributed by atoms with Gasteiger partial charge in [0.25, 0.3) is 0 Å². The van der Waals surface area contributed by atoms with Gasteiger partial charge < -0.3 is 28.1 Å². The highest BCUT2D eigenvalue weighted by atomic mass is 31.2. The van der Waals surface area contributed by atoms with E-state index in [1.165, 1.54) is 44.1 Å². The normalized spacial score (nSPS) is 35.1. The van der Waals surface area contributed by atoms with Crippen molar-refractivity contribution >= 4 is 40.0 Å². The van der Waals surface area contributed by atoms with Gasteiger partial charge in [-0.05, 0) is 109 Å². The van der Waals surface area contributed by atoms with Crippen LogP contribution in [-0.4, -0.2) is 88.3 Å². The number of hydrogen-bond acceptors (Lipinski definition) is 15. The number of hydrogen-bond donors (Lipinski definition) is 0. The Hall–Kier alpha value is -2.64. The third-order valence-corrected chi connectivity index (χ3v) is 22.7. The molecule has 5 rings (SSSR count). The Morgan fingerprint density at radius 1 is 0.821 bits per heavy atom. The monoisotopic (exact) mass is 980 g/mol. The summed E-state index contributed by atoms with van der Waals surface area (Å²) in [5, 5.41) is 9.40.